The van der Waals surface area contributed by atoms with Crippen molar-refractivity contribution in [2.75, 3.05) is 37.6 Å². The molecule has 0 spiro atoms. The minimum atomic E-state index is -0.959. The summed E-state index contributed by atoms with van der Waals surface area (Å²) < 4.78 is 16.6. The molecule has 2 heterocycles. The molecule has 2 aromatic carbocycles. The van der Waals surface area contributed by atoms with Gasteiger partial charge in [-0.2, -0.15) is 0 Å². The molecule has 1 fully saturated rings. The predicted octanol–water partition coefficient (Wildman–Crippen LogP) is 3.40. The molecule has 0 amide bonds. The second-order valence-electron chi connectivity index (χ2n) is 7.89. The van der Waals surface area contributed by atoms with Crippen LogP contribution in [0.1, 0.15) is 29.5 Å². The molecule has 1 aliphatic rings. The fraction of sp³-hybridized carbons (Fsp3) is 0.375. The number of para-hydroxylation sites is 1. The van der Waals surface area contributed by atoms with E-state index in [0.717, 1.165) is 45.6 Å². The number of anilines is 1. The molecular formula is C24H29FN4O. The third-order valence-electron chi connectivity index (χ3n) is 5.89. The van der Waals surface area contributed by atoms with Crippen molar-refractivity contribution in [3.8, 4) is 0 Å². The summed E-state index contributed by atoms with van der Waals surface area (Å²) in [6.45, 7) is 4.31. The lowest BCUT2D eigenvalue weighted by molar-refractivity contribution is 0.205. The van der Waals surface area contributed by atoms with Crippen LogP contribution in [0.2, 0.25) is 0 Å². The Morgan fingerprint density at radius 1 is 1.03 bits per heavy atom. The zero-order valence-electron chi connectivity index (χ0n) is 17.4. The van der Waals surface area contributed by atoms with E-state index in [1.807, 2.05) is 13.1 Å². The minimum absolute atomic E-state index is 0.293. The van der Waals surface area contributed by atoms with Crippen LogP contribution in [0.15, 0.2) is 60.9 Å². The summed E-state index contributed by atoms with van der Waals surface area (Å²) in [6, 6.07) is 15.5. The topological polar surface area (TPSA) is 44.5 Å². The molecule has 0 unspecified atom stereocenters. The number of hydrogen-bond acceptors (Lipinski definition) is 4. The molecule has 1 aromatic heterocycles. The maximum absolute atomic E-state index is 14.8. The lowest BCUT2D eigenvalue weighted by Gasteiger charge is -2.37. The van der Waals surface area contributed by atoms with Crippen LogP contribution >= 0.6 is 0 Å². The number of nitrogens with zero attached hydrogens (tertiary/aromatic N) is 4. The maximum atomic E-state index is 14.8. The second kappa shape index (κ2) is 9.41. The normalized spacial score (nSPS) is 16.0. The molecule has 0 aliphatic carbocycles. The van der Waals surface area contributed by atoms with Gasteiger partial charge < -0.3 is 14.6 Å². The van der Waals surface area contributed by atoms with E-state index in [1.165, 1.54) is 11.6 Å². The van der Waals surface area contributed by atoms with E-state index < -0.39 is 6.10 Å². The molecule has 5 nitrogen and oxygen atoms in total. The van der Waals surface area contributed by atoms with Crippen molar-refractivity contribution in [3.05, 3.63) is 83.7 Å². The molecule has 30 heavy (non-hydrogen) atoms. The third kappa shape index (κ3) is 4.55. The molecule has 158 valence electrons. The highest BCUT2D eigenvalue weighted by molar-refractivity contribution is 5.57. The van der Waals surface area contributed by atoms with Gasteiger partial charge in [0.1, 0.15) is 17.7 Å². The van der Waals surface area contributed by atoms with Crippen LogP contribution in [-0.4, -0.2) is 52.3 Å². The van der Waals surface area contributed by atoms with E-state index >= 15 is 0 Å². The smallest absolute Gasteiger partial charge is 0.146 e. The maximum Gasteiger partial charge on any atom is 0.146 e. The highest BCUT2D eigenvalue weighted by Crippen LogP contribution is 2.33. The third-order valence-corrected chi connectivity index (χ3v) is 5.89. The summed E-state index contributed by atoms with van der Waals surface area (Å²) in [4.78, 5) is 8.74. The van der Waals surface area contributed by atoms with Crippen LogP contribution in [-0.2, 0) is 13.5 Å². The molecule has 3 aromatic rings. The fourth-order valence-electron chi connectivity index (χ4n) is 4.21. The molecule has 1 atom stereocenters. The summed E-state index contributed by atoms with van der Waals surface area (Å²) in [5.74, 6) is 0.222. The van der Waals surface area contributed by atoms with Gasteiger partial charge in [0.05, 0.1) is 5.69 Å². The Labute approximate surface area is 177 Å². The number of rotatable bonds is 7. The summed E-state index contributed by atoms with van der Waals surface area (Å²) >= 11 is 0. The lowest BCUT2D eigenvalue weighted by Crippen LogP contribution is -2.47. The monoisotopic (exact) mass is 408 g/mol. The van der Waals surface area contributed by atoms with Crippen molar-refractivity contribution in [3.63, 3.8) is 0 Å². The van der Waals surface area contributed by atoms with Gasteiger partial charge in [-0.3, -0.25) is 4.90 Å². The van der Waals surface area contributed by atoms with Crippen LogP contribution in [0.25, 0.3) is 0 Å². The SMILES string of the molecule is Cn1ccnc1[C@@H](O)c1cccc(F)c1N1CCN(CCCc2ccccc2)CC1. The molecule has 1 N–H and O–H groups in total. The first-order chi connectivity index (χ1) is 14.6. The van der Waals surface area contributed by atoms with Crippen molar-refractivity contribution < 1.29 is 9.50 Å². The standard InChI is InChI=1S/C24H29FN4O/c1-27-14-12-26-24(27)23(30)20-10-5-11-21(25)22(20)29-17-15-28(16-18-29)13-6-9-19-7-3-2-4-8-19/h2-5,7-8,10-12,14,23,30H,6,9,13,15-18H2,1H3/t23-/m0/s1. The average Bonchev–Trinajstić information content (AvgIpc) is 3.20. The summed E-state index contributed by atoms with van der Waals surface area (Å²) in [5.41, 5.74) is 2.44. The Morgan fingerprint density at radius 3 is 2.50 bits per heavy atom. The Bertz CT molecular complexity index is 951. The minimum Gasteiger partial charge on any atom is -0.380 e. The zero-order valence-corrected chi connectivity index (χ0v) is 17.4. The van der Waals surface area contributed by atoms with Gasteiger partial charge >= 0.3 is 0 Å². The first-order valence-corrected chi connectivity index (χ1v) is 10.6. The van der Waals surface area contributed by atoms with Gasteiger partial charge in [-0.25, -0.2) is 9.37 Å². The first kappa shape index (κ1) is 20.6. The van der Waals surface area contributed by atoms with Gasteiger partial charge in [0.2, 0.25) is 0 Å². The van der Waals surface area contributed by atoms with E-state index in [-0.39, 0.29) is 5.82 Å². The average molecular weight is 409 g/mol. The van der Waals surface area contributed by atoms with Crippen LogP contribution in [0, 0.1) is 5.82 Å². The first-order valence-electron chi connectivity index (χ1n) is 10.6. The molecule has 0 radical (unpaired) electrons. The largest absolute Gasteiger partial charge is 0.380 e. The number of hydrogen-bond donors (Lipinski definition) is 1. The number of halogens is 1. The van der Waals surface area contributed by atoms with Gasteiger partial charge in [0.25, 0.3) is 0 Å². The van der Waals surface area contributed by atoms with Gasteiger partial charge in [-0.05, 0) is 31.0 Å². The van der Waals surface area contributed by atoms with Crippen LogP contribution in [0.5, 0.6) is 0 Å². The number of aromatic nitrogens is 2. The van der Waals surface area contributed by atoms with Crippen molar-refractivity contribution >= 4 is 5.69 Å². The number of piperazine rings is 1. The summed E-state index contributed by atoms with van der Waals surface area (Å²) in [7, 11) is 1.83. The van der Waals surface area contributed by atoms with Crippen molar-refractivity contribution in [2.45, 2.75) is 18.9 Å². The fourth-order valence-corrected chi connectivity index (χ4v) is 4.21. The van der Waals surface area contributed by atoms with Crippen LogP contribution in [0.4, 0.5) is 10.1 Å². The van der Waals surface area contributed by atoms with Crippen molar-refractivity contribution in [1.82, 2.24) is 14.5 Å². The predicted molar refractivity (Wildman–Crippen MR) is 117 cm³/mol. The Morgan fingerprint density at radius 2 is 1.80 bits per heavy atom. The quantitative estimate of drug-likeness (QED) is 0.651. The lowest BCUT2D eigenvalue weighted by atomic mass is 10.0. The molecule has 1 aliphatic heterocycles. The van der Waals surface area contributed by atoms with Crippen molar-refractivity contribution in [1.29, 1.82) is 0 Å². The van der Waals surface area contributed by atoms with E-state index in [1.54, 1.807) is 29.1 Å². The van der Waals surface area contributed by atoms with E-state index in [0.29, 0.717) is 17.1 Å². The molecular weight excluding hydrogens is 379 g/mol. The van der Waals surface area contributed by atoms with Crippen molar-refractivity contribution in [2.24, 2.45) is 7.05 Å². The van der Waals surface area contributed by atoms with Crippen LogP contribution < -0.4 is 4.90 Å². The molecule has 6 heteroatoms. The highest BCUT2D eigenvalue weighted by Gasteiger charge is 2.26. The molecule has 0 bridgehead atoms. The number of imidazole rings is 1. The Balaban J connectivity index is 1.39. The van der Waals surface area contributed by atoms with Gasteiger partial charge in [-0.15, -0.1) is 0 Å². The van der Waals surface area contributed by atoms with Gasteiger partial charge in [0, 0.05) is 51.2 Å². The highest BCUT2D eigenvalue weighted by atomic mass is 19.1. The molecule has 1 saturated heterocycles. The number of aliphatic hydroxyl groups excluding tert-OH is 1. The Hall–Kier alpha value is -2.70. The van der Waals surface area contributed by atoms with E-state index in [9.17, 15) is 9.50 Å². The zero-order chi connectivity index (χ0) is 20.9. The number of benzene rings is 2. The number of aliphatic hydroxyl groups is 1. The Kier molecular flexibility index (Phi) is 6.45. The van der Waals surface area contributed by atoms with Gasteiger partial charge in [-0.1, -0.05) is 42.5 Å². The van der Waals surface area contributed by atoms with E-state index in [2.05, 4.69) is 39.0 Å². The second-order valence-corrected chi connectivity index (χ2v) is 7.89. The summed E-state index contributed by atoms with van der Waals surface area (Å²) in [6.07, 6.45) is 4.66. The molecule has 0 saturated carbocycles. The van der Waals surface area contributed by atoms with Crippen LogP contribution in [0.3, 0.4) is 0 Å². The van der Waals surface area contributed by atoms with Gasteiger partial charge in [0.15, 0.2) is 0 Å². The number of aryl methyl sites for hydroxylation is 2. The molecule has 4 rings (SSSR count). The summed E-state index contributed by atoms with van der Waals surface area (Å²) in [5, 5.41) is 10.9. The van der Waals surface area contributed by atoms with E-state index in [4.69, 9.17) is 0 Å².